The van der Waals surface area contributed by atoms with E-state index in [4.69, 9.17) is 0 Å². The third kappa shape index (κ3) is 4.72. The molecule has 0 spiro atoms. The Morgan fingerprint density at radius 2 is 1.67 bits per heavy atom. The molecule has 1 heterocycles. The first-order valence-electron chi connectivity index (χ1n) is 9.17. The maximum absolute atomic E-state index is 12.2. The lowest BCUT2D eigenvalue weighted by atomic mass is 10.1. The first-order chi connectivity index (χ1) is 14.2. The van der Waals surface area contributed by atoms with Crippen LogP contribution in [0.5, 0.6) is 0 Å². The lowest BCUT2D eigenvalue weighted by molar-refractivity contribution is -0.384. The third-order valence-corrected chi connectivity index (χ3v) is 4.60. The fourth-order valence-electron chi connectivity index (χ4n) is 2.93. The molecular formula is C20H21N5O5. The van der Waals surface area contributed by atoms with Crippen molar-refractivity contribution in [2.75, 3.05) is 5.32 Å². The summed E-state index contributed by atoms with van der Waals surface area (Å²) in [5, 5.41) is 18.6. The molecule has 10 heteroatoms. The molecule has 0 bridgehead atoms. The molecule has 0 saturated carbocycles. The topological polar surface area (TPSA) is 134 Å². The SMILES string of the molecule is CC1(C)NC(=O)N(Cc2ccc(CNC(=O)Nc3ccc([N+](=O)[O-])cc3)cc2)C1=O. The highest BCUT2D eigenvalue weighted by molar-refractivity contribution is 6.06. The van der Waals surface area contributed by atoms with Gasteiger partial charge in [-0.2, -0.15) is 0 Å². The number of nitro groups is 1. The number of amides is 5. The van der Waals surface area contributed by atoms with Crippen molar-refractivity contribution >= 4 is 29.3 Å². The number of nitro benzene ring substituents is 1. The molecule has 2 aromatic rings. The quantitative estimate of drug-likeness (QED) is 0.382. The summed E-state index contributed by atoms with van der Waals surface area (Å²) in [6, 6.07) is 11.8. The second-order valence-electron chi connectivity index (χ2n) is 7.37. The number of carbonyl (C=O) groups excluding carboxylic acids is 3. The smallest absolute Gasteiger partial charge is 0.325 e. The molecule has 5 amide bonds. The summed E-state index contributed by atoms with van der Waals surface area (Å²) in [5.74, 6) is -0.277. The van der Waals surface area contributed by atoms with Crippen LogP contribution in [-0.2, 0) is 17.9 Å². The molecule has 3 N–H and O–H groups in total. The first-order valence-corrected chi connectivity index (χ1v) is 9.17. The van der Waals surface area contributed by atoms with Crippen LogP contribution >= 0.6 is 0 Å². The van der Waals surface area contributed by atoms with Crippen molar-refractivity contribution in [3.8, 4) is 0 Å². The molecule has 1 aliphatic heterocycles. The van der Waals surface area contributed by atoms with Gasteiger partial charge in [-0.1, -0.05) is 24.3 Å². The summed E-state index contributed by atoms with van der Waals surface area (Å²) in [4.78, 5) is 47.5. The van der Waals surface area contributed by atoms with Gasteiger partial charge in [0, 0.05) is 24.4 Å². The predicted octanol–water partition coefficient (Wildman–Crippen LogP) is 2.75. The van der Waals surface area contributed by atoms with Crippen LogP contribution in [0, 0.1) is 10.1 Å². The fraction of sp³-hybridized carbons (Fsp3) is 0.250. The second kappa shape index (κ2) is 8.19. The first kappa shape index (κ1) is 20.8. The number of anilines is 1. The Kier molecular flexibility index (Phi) is 5.67. The van der Waals surface area contributed by atoms with Gasteiger partial charge >= 0.3 is 12.1 Å². The van der Waals surface area contributed by atoms with Gasteiger partial charge in [-0.3, -0.25) is 19.8 Å². The van der Waals surface area contributed by atoms with E-state index in [1.807, 2.05) is 0 Å². The molecule has 156 valence electrons. The summed E-state index contributed by atoms with van der Waals surface area (Å²) in [6.07, 6.45) is 0. The summed E-state index contributed by atoms with van der Waals surface area (Å²) >= 11 is 0. The number of imide groups is 1. The molecule has 1 fully saturated rings. The minimum Gasteiger partial charge on any atom is -0.334 e. The Labute approximate surface area is 172 Å². The molecule has 0 atom stereocenters. The summed E-state index contributed by atoms with van der Waals surface area (Å²) < 4.78 is 0. The van der Waals surface area contributed by atoms with Crippen LogP contribution in [0.2, 0.25) is 0 Å². The average molecular weight is 411 g/mol. The lowest BCUT2D eigenvalue weighted by Gasteiger charge is -2.16. The number of nitrogens with zero attached hydrogens (tertiary/aromatic N) is 2. The van der Waals surface area contributed by atoms with Crippen molar-refractivity contribution in [1.29, 1.82) is 0 Å². The van der Waals surface area contributed by atoms with Gasteiger partial charge in [-0.05, 0) is 37.1 Å². The highest BCUT2D eigenvalue weighted by atomic mass is 16.6. The van der Waals surface area contributed by atoms with Gasteiger partial charge in [0.05, 0.1) is 11.5 Å². The molecule has 0 radical (unpaired) electrons. The standard InChI is InChI=1S/C20H21N5O5/c1-20(2)17(26)24(19(28)23-20)12-14-5-3-13(4-6-14)11-21-18(27)22-15-7-9-16(10-8-15)25(29)30/h3-10H,11-12H2,1-2H3,(H,23,28)(H2,21,22,27). The zero-order valence-electron chi connectivity index (χ0n) is 16.5. The molecule has 0 unspecified atom stereocenters. The zero-order chi connectivity index (χ0) is 21.9. The predicted molar refractivity (Wildman–Crippen MR) is 109 cm³/mol. The summed E-state index contributed by atoms with van der Waals surface area (Å²) in [7, 11) is 0. The van der Waals surface area contributed by atoms with Gasteiger partial charge in [-0.15, -0.1) is 0 Å². The van der Waals surface area contributed by atoms with Gasteiger partial charge in [-0.25, -0.2) is 9.59 Å². The van der Waals surface area contributed by atoms with Crippen LogP contribution in [0.3, 0.4) is 0 Å². The molecule has 0 aromatic heterocycles. The molecule has 10 nitrogen and oxygen atoms in total. The maximum Gasteiger partial charge on any atom is 0.325 e. The van der Waals surface area contributed by atoms with Gasteiger partial charge in [0.25, 0.3) is 11.6 Å². The number of nitrogens with one attached hydrogen (secondary N) is 3. The summed E-state index contributed by atoms with van der Waals surface area (Å²) in [6.45, 7) is 3.74. The second-order valence-corrected chi connectivity index (χ2v) is 7.37. The Morgan fingerprint density at radius 1 is 1.07 bits per heavy atom. The molecular weight excluding hydrogens is 390 g/mol. The average Bonchev–Trinajstić information content (AvgIpc) is 2.89. The van der Waals surface area contributed by atoms with Crippen molar-refractivity contribution in [1.82, 2.24) is 15.5 Å². The molecule has 1 saturated heterocycles. The van der Waals surface area contributed by atoms with Crippen LogP contribution in [-0.4, -0.2) is 33.3 Å². The highest BCUT2D eigenvalue weighted by Gasteiger charge is 2.43. The molecule has 3 rings (SSSR count). The number of carbonyl (C=O) groups is 3. The van der Waals surface area contributed by atoms with E-state index in [0.717, 1.165) is 11.1 Å². The highest BCUT2D eigenvalue weighted by Crippen LogP contribution is 2.19. The van der Waals surface area contributed by atoms with Gasteiger partial charge in [0.15, 0.2) is 0 Å². The van der Waals surface area contributed by atoms with Crippen LogP contribution in [0.25, 0.3) is 0 Å². The Morgan fingerprint density at radius 3 is 2.20 bits per heavy atom. The molecule has 30 heavy (non-hydrogen) atoms. The van der Waals surface area contributed by atoms with E-state index in [1.54, 1.807) is 38.1 Å². The van der Waals surface area contributed by atoms with Crippen LogP contribution in [0.15, 0.2) is 48.5 Å². The minimum absolute atomic E-state index is 0.0577. The van der Waals surface area contributed by atoms with Crippen molar-refractivity contribution in [3.05, 3.63) is 69.8 Å². The lowest BCUT2D eigenvalue weighted by Crippen LogP contribution is -2.40. The van der Waals surface area contributed by atoms with E-state index in [1.165, 1.54) is 29.2 Å². The van der Waals surface area contributed by atoms with E-state index >= 15 is 0 Å². The number of non-ortho nitro benzene ring substituents is 1. The number of rotatable bonds is 6. The van der Waals surface area contributed by atoms with Crippen LogP contribution in [0.1, 0.15) is 25.0 Å². The molecule has 1 aliphatic rings. The van der Waals surface area contributed by atoms with Gasteiger partial charge in [0.2, 0.25) is 0 Å². The van der Waals surface area contributed by atoms with E-state index < -0.39 is 22.5 Å². The Bertz CT molecular complexity index is 986. The van der Waals surface area contributed by atoms with Gasteiger partial charge in [0.1, 0.15) is 5.54 Å². The minimum atomic E-state index is -0.905. The normalized spacial score (nSPS) is 14.9. The van der Waals surface area contributed by atoms with Crippen molar-refractivity contribution in [3.63, 3.8) is 0 Å². The van der Waals surface area contributed by atoms with E-state index in [2.05, 4.69) is 16.0 Å². The van der Waals surface area contributed by atoms with E-state index in [0.29, 0.717) is 5.69 Å². The van der Waals surface area contributed by atoms with Crippen molar-refractivity contribution < 1.29 is 19.3 Å². The van der Waals surface area contributed by atoms with Crippen molar-refractivity contribution in [2.24, 2.45) is 0 Å². The largest absolute Gasteiger partial charge is 0.334 e. The third-order valence-electron chi connectivity index (χ3n) is 4.60. The van der Waals surface area contributed by atoms with Crippen LogP contribution in [0.4, 0.5) is 21.0 Å². The molecule has 2 aromatic carbocycles. The number of urea groups is 2. The van der Waals surface area contributed by atoms with E-state index in [-0.39, 0.29) is 24.7 Å². The fourth-order valence-corrected chi connectivity index (χ4v) is 2.93. The van der Waals surface area contributed by atoms with Crippen molar-refractivity contribution in [2.45, 2.75) is 32.5 Å². The number of hydrogen-bond acceptors (Lipinski definition) is 5. The zero-order valence-corrected chi connectivity index (χ0v) is 16.5. The molecule has 0 aliphatic carbocycles. The Balaban J connectivity index is 1.51. The Hall–Kier alpha value is -3.95. The van der Waals surface area contributed by atoms with Gasteiger partial charge < -0.3 is 16.0 Å². The monoisotopic (exact) mass is 411 g/mol. The number of benzene rings is 2. The number of hydrogen-bond donors (Lipinski definition) is 3. The van der Waals surface area contributed by atoms with E-state index in [9.17, 15) is 24.5 Å². The van der Waals surface area contributed by atoms with Crippen LogP contribution < -0.4 is 16.0 Å². The summed E-state index contributed by atoms with van der Waals surface area (Å²) in [5.41, 5.74) is 1.09. The maximum atomic E-state index is 12.2.